The largest absolute Gasteiger partial charge is 0.466 e. The number of hydrogen-bond acceptors (Lipinski definition) is 4. The molecule has 2 amide bonds. The third-order valence-electron chi connectivity index (χ3n) is 4.22. The van der Waals surface area contributed by atoms with Gasteiger partial charge in [-0.1, -0.05) is 12.1 Å². The lowest BCUT2D eigenvalue weighted by atomic mass is 10.1. The van der Waals surface area contributed by atoms with Crippen molar-refractivity contribution in [1.82, 2.24) is 4.90 Å². The fourth-order valence-corrected chi connectivity index (χ4v) is 2.80. The standard InChI is InChI=1S/C18H20N2O4/c1-11-12(2)24-13(3)16(11)17(21)19-15-6-4-14(5-7-15)10-20-8-9-23-18(20)22/h4-7H,8-10H2,1-3H3,(H,19,21). The van der Waals surface area contributed by atoms with Crippen LogP contribution in [0.25, 0.3) is 0 Å². The number of ether oxygens (including phenoxy) is 1. The summed E-state index contributed by atoms with van der Waals surface area (Å²) in [6.07, 6.45) is -0.284. The van der Waals surface area contributed by atoms with Crippen molar-refractivity contribution in [3.8, 4) is 0 Å². The van der Waals surface area contributed by atoms with Crippen molar-refractivity contribution in [2.24, 2.45) is 0 Å². The molecule has 1 aromatic heterocycles. The molecule has 1 aliphatic heterocycles. The molecule has 6 nitrogen and oxygen atoms in total. The van der Waals surface area contributed by atoms with E-state index in [1.54, 1.807) is 11.8 Å². The number of carbonyl (C=O) groups is 2. The van der Waals surface area contributed by atoms with Crippen LogP contribution in [0.3, 0.4) is 0 Å². The average molecular weight is 328 g/mol. The number of hydrogen-bond donors (Lipinski definition) is 1. The first kappa shape index (κ1) is 16.1. The zero-order valence-corrected chi connectivity index (χ0v) is 14.0. The van der Waals surface area contributed by atoms with Gasteiger partial charge in [-0.25, -0.2) is 4.79 Å². The van der Waals surface area contributed by atoms with E-state index < -0.39 is 0 Å². The third kappa shape index (κ3) is 3.13. The minimum Gasteiger partial charge on any atom is -0.466 e. The third-order valence-corrected chi connectivity index (χ3v) is 4.22. The van der Waals surface area contributed by atoms with E-state index in [4.69, 9.17) is 9.15 Å². The lowest BCUT2D eigenvalue weighted by molar-refractivity contribution is 0.102. The molecule has 0 bridgehead atoms. The van der Waals surface area contributed by atoms with Gasteiger partial charge < -0.3 is 19.4 Å². The molecule has 1 N–H and O–H groups in total. The molecule has 1 aromatic carbocycles. The van der Waals surface area contributed by atoms with Crippen LogP contribution in [-0.2, 0) is 11.3 Å². The van der Waals surface area contributed by atoms with E-state index >= 15 is 0 Å². The first-order valence-electron chi connectivity index (χ1n) is 7.84. The van der Waals surface area contributed by atoms with E-state index in [1.165, 1.54) is 0 Å². The monoisotopic (exact) mass is 328 g/mol. The number of furan rings is 1. The Morgan fingerprint density at radius 3 is 2.42 bits per heavy atom. The molecule has 2 aromatic rings. The minimum atomic E-state index is -0.284. The summed E-state index contributed by atoms with van der Waals surface area (Å²) in [7, 11) is 0. The van der Waals surface area contributed by atoms with Crippen molar-refractivity contribution in [2.45, 2.75) is 27.3 Å². The molecular formula is C18H20N2O4. The van der Waals surface area contributed by atoms with Gasteiger partial charge in [-0.3, -0.25) is 4.79 Å². The zero-order chi connectivity index (χ0) is 17.3. The quantitative estimate of drug-likeness (QED) is 0.933. The highest BCUT2D eigenvalue weighted by Crippen LogP contribution is 2.22. The zero-order valence-electron chi connectivity index (χ0n) is 14.0. The minimum absolute atomic E-state index is 0.183. The number of rotatable bonds is 4. The SMILES string of the molecule is Cc1oc(C)c(C(=O)Nc2ccc(CN3CCOC3=O)cc2)c1C. The van der Waals surface area contributed by atoms with Gasteiger partial charge in [0.05, 0.1) is 12.1 Å². The topological polar surface area (TPSA) is 71.8 Å². The number of amides is 2. The van der Waals surface area contributed by atoms with Crippen LogP contribution in [0.5, 0.6) is 0 Å². The lowest BCUT2D eigenvalue weighted by Crippen LogP contribution is -2.23. The van der Waals surface area contributed by atoms with Crippen molar-refractivity contribution in [1.29, 1.82) is 0 Å². The molecule has 0 spiro atoms. The molecule has 126 valence electrons. The van der Waals surface area contributed by atoms with Gasteiger partial charge in [0.1, 0.15) is 18.1 Å². The Balaban J connectivity index is 1.67. The maximum Gasteiger partial charge on any atom is 0.410 e. The molecule has 1 fully saturated rings. The van der Waals surface area contributed by atoms with Gasteiger partial charge in [0.25, 0.3) is 5.91 Å². The Labute approximate surface area is 140 Å². The summed E-state index contributed by atoms with van der Waals surface area (Å²) in [4.78, 5) is 25.5. The highest BCUT2D eigenvalue weighted by Gasteiger charge is 2.22. The summed E-state index contributed by atoms with van der Waals surface area (Å²) >= 11 is 0. The summed E-state index contributed by atoms with van der Waals surface area (Å²) in [5.41, 5.74) is 3.12. The van der Waals surface area contributed by atoms with Crippen LogP contribution in [-0.4, -0.2) is 30.1 Å². The van der Waals surface area contributed by atoms with Crippen molar-refractivity contribution in [3.05, 3.63) is 52.5 Å². The Morgan fingerprint density at radius 1 is 1.17 bits per heavy atom. The molecule has 0 aliphatic carbocycles. The van der Waals surface area contributed by atoms with Crippen molar-refractivity contribution < 1.29 is 18.7 Å². The number of carbonyl (C=O) groups excluding carboxylic acids is 2. The van der Waals surface area contributed by atoms with Gasteiger partial charge in [0.15, 0.2) is 0 Å². The summed E-state index contributed by atoms with van der Waals surface area (Å²) in [6.45, 7) is 7.06. The molecule has 1 saturated heterocycles. The van der Waals surface area contributed by atoms with Crippen LogP contribution in [0.2, 0.25) is 0 Å². The van der Waals surface area contributed by atoms with Crippen LogP contribution in [0.4, 0.5) is 10.5 Å². The van der Waals surface area contributed by atoms with Gasteiger partial charge in [-0.15, -0.1) is 0 Å². The maximum atomic E-state index is 12.4. The molecule has 0 atom stereocenters. The summed E-state index contributed by atoms with van der Waals surface area (Å²) < 4.78 is 10.4. The molecule has 2 heterocycles. The van der Waals surface area contributed by atoms with Crippen LogP contribution >= 0.6 is 0 Å². The van der Waals surface area contributed by atoms with Crippen LogP contribution in [0.15, 0.2) is 28.7 Å². The highest BCUT2D eigenvalue weighted by atomic mass is 16.6. The molecule has 3 rings (SSSR count). The maximum absolute atomic E-state index is 12.4. The average Bonchev–Trinajstić information content (AvgIpc) is 3.05. The van der Waals surface area contributed by atoms with E-state index in [0.29, 0.717) is 36.7 Å². The lowest BCUT2D eigenvalue weighted by Gasteiger charge is -2.13. The van der Waals surface area contributed by atoms with E-state index in [2.05, 4.69) is 5.32 Å². The number of nitrogens with one attached hydrogen (secondary N) is 1. The van der Waals surface area contributed by atoms with E-state index in [1.807, 2.05) is 38.1 Å². The van der Waals surface area contributed by atoms with E-state index in [9.17, 15) is 9.59 Å². The Morgan fingerprint density at radius 2 is 1.88 bits per heavy atom. The van der Waals surface area contributed by atoms with E-state index in [0.717, 1.165) is 16.9 Å². The van der Waals surface area contributed by atoms with Gasteiger partial charge in [0.2, 0.25) is 0 Å². The normalized spacial score (nSPS) is 14.0. The number of nitrogens with zero attached hydrogens (tertiary/aromatic N) is 1. The summed E-state index contributed by atoms with van der Waals surface area (Å²) in [5.74, 6) is 1.19. The second kappa shape index (κ2) is 6.39. The molecule has 6 heteroatoms. The molecular weight excluding hydrogens is 308 g/mol. The van der Waals surface area contributed by atoms with Gasteiger partial charge in [0, 0.05) is 17.8 Å². The Kier molecular flexibility index (Phi) is 4.29. The summed E-state index contributed by atoms with van der Waals surface area (Å²) in [6, 6.07) is 7.43. The van der Waals surface area contributed by atoms with Gasteiger partial charge in [-0.05, 0) is 38.5 Å². The van der Waals surface area contributed by atoms with Crippen molar-refractivity contribution in [2.75, 3.05) is 18.5 Å². The first-order chi connectivity index (χ1) is 11.5. The van der Waals surface area contributed by atoms with E-state index in [-0.39, 0.29) is 12.0 Å². The van der Waals surface area contributed by atoms with Crippen LogP contribution < -0.4 is 5.32 Å². The summed E-state index contributed by atoms with van der Waals surface area (Å²) in [5, 5.41) is 2.88. The van der Waals surface area contributed by atoms with Crippen molar-refractivity contribution in [3.63, 3.8) is 0 Å². The fraction of sp³-hybridized carbons (Fsp3) is 0.333. The first-order valence-corrected chi connectivity index (χ1v) is 7.84. The number of benzene rings is 1. The smallest absolute Gasteiger partial charge is 0.410 e. The predicted octanol–water partition coefficient (Wildman–Crippen LogP) is 3.41. The second-order valence-corrected chi connectivity index (χ2v) is 5.90. The van der Waals surface area contributed by atoms with Gasteiger partial charge in [-0.2, -0.15) is 0 Å². The number of aryl methyl sites for hydroxylation is 2. The molecule has 24 heavy (non-hydrogen) atoms. The number of anilines is 1. The second-order valence-electron chi connectivity index (χ2n) is 5.90. The van der Waals surface area contributed by atoms with Gasteiger partial charge >= 0.3 is 6.09 Å². The van der Waals surface area contributed by atoms with Crippen LogP contribution in [0.1, 0.15) is 33.0 Å². The van der Waals surface area contributed by atoms with Crippen LogP contribution in [0, 0.1) is 20.8 Å². The number of cyclic esters (lactones) is 1. The molecule has 0 radical (unpaired) electrons. The molecule has 1 aliphatic rings. The Bertz CT molecular complexity index is 777. The highest BCUT2D eigenvalue weighted by molar-refractivity contribution is 6.06. The molecule has 0 unspecified atom stereocenters. The molecule has 0 saturated carbocycles. The predicted molar refractivity (Wildman–Crippen MR) is 89.1 cm³/mol. The Hall–Kier alpha value is -2.76. The fourth-order valence-electron chi connectivity index (χ4n) is 2.80. The van der Waals surface area contributed by atoms with Crippen molar-refractivity contribution >= 4 is 17.7 Å².